The number of rotatable bonds is 1. The molecule has 0 radical (unpaired) electrons. The molecule has 98 valence electrons. The van der Waals surface area contributed by atoms with Crippen LogP contribution in [0.1, 0.15) is 44.1 Å². The van der Waals surface area contributed by atoms with Crippen LogP contribution < -0.4 is 10.6 Å². The lowest BCUT2D eigenvalue weighted by atomic mass is 9.78. The minimum atomic E-state index is 0.747. The van der Waals surface area contributed by atoms with E-state index in [0.717, 1.165) is 17.6 Å². The summed E-state index contributed by atoms with van der Waals surface area (Å²) >= 11 is 0. The topological polar surface area (TPSA) is 29.3 Å². The number of benzene rings is 1. The van der Waals surface area contributed by atoms with E-state index in [4.69, 9.17) is 5.73 Å². The molecule has 1 aromatic rings. The maximum absolute atomic E-state index is 6.29. The molecule has 2 atom stereocenters. The lowest BCUT2D eigenvalue weighted by Gasteiger charge is -2.46. The Bertz CT molecular complexity index is 425. The summed E-state index contributed by atoms with van der Waals surface area (Å²) in [6, 6.07) is 7.21. The fourth-order valence-corrected chi connectivity index (χ4v) is 3.84. The molecule has 1 saturated carbocycles. The summed E-state index contributed by atoms with van der Waals surface area (Å²) in [4.78, 5) is 2.61. The molecular formula is C16H24N2. The van der Waals surface area contributed by atoms with E-state index in [1.165, 1.54) is 56.3 Å². The van der Waals surface area contributed by atoms with Gasteiger partial charge in [0.15, 0.2) is 0 Å². The van der Waals surface area contributed by atoms with Gasteiger partial charge in [-0.25, -0.2) is 0 Å². The van der Waals surface area contributed by atoms with Crippen molar-refractivity contribution in [2.75, 3.05) is 17.2 Å². The largest absolute Gasteiger partial charge is 0.397 e. The minimum Gasteiger partial charge on any atom is -0.397 e. The zero-order chi connectivity index (χ0) is 12.5. The fraction of sp³-hybridized carbons (Fsp3) is 0.625. The van der Waals surface area contributed by atoms with Gasteiger partial charge in [-0.1, -0.05) is 25.0 Å². The van der Waals surface area contributed by atoms with Crippen LogP contribution in [0.2, 0.25) is 0 Å². The average molecular weight is 244 g/mol. The maximum Gasteiger partial charge on any atom is 0.0605 e. The quantitative estimate of drug-likeness (QED) is 0.763. The smallest absolute Gasteiger partial charge is 0.0605 e. The van der Waals surface area contributed by atoms with Crippen LogP contribution in [-0.2, 0) is 0 Å². The lowest BCUT2D eigenvalue weighted by Crippen LogP contribution is -2.47. The zero-order valence-corrected chi connectivity index (χ0v) is 11.4. The molecule has 2 heteroatoms. The van der Waals surface area contributed by atoms with Gasteiger partial charge in [-0.3, -0.25) is 0 Å². The van der Waals surface area contributed by atoms with Crippen molar-refractivity contribution in [3.8, 4) is 0 Å². The monoisotopic (exact) mass is 244 g/mol. The Balaban J connectivity index is 1.92. The van der Waals surface area contributed by atoms with E-state index < -0.39 is 0 Å². The third kappa shape index (κ3) is 1.98. The molecule has 1 aromatic carbocycles. The van der Waals surface area contributed by atoms with Crippen molar-refractivity contribution in [2.24, 2.45) is 5.92 Å². The van der Waals surface area contributed by atoms with Crippen LogP contribution in [0, 0.1) is 12.8 Å². The first-order chi connectivity index (χ1) is 8.77. The highest BCUT2D eigenvalue weighted by atomic mass is 15.2. The van der Waals surface area contributed by atoms with Gasteiger partial charge in [0.25, 0.3) is 0 Å². The second-order valence-corrected chi connectivity index (χ2v) is 5.96. The Morgan fingerprint density at radius 2 is 1.89 bits per heavy atom. The summed E-state index contributed by atoms with van der Waals surface area (Å²) in [5, 5.41) is 0. The molecule has 1 heterocycles. The number of hydrogen-bond acceptors (Lipinski definition) is 2. The highest BCUT2D eigenvalue weighted by molar-refractivity contribution is 5.71. The van der Waals surface area contributed by atoms with Crippen LogP contribution in [0.5, 0.6) is 0 Å². The molecule has 1 aliphatic carbocycles. The fourth-order valence-electron chi connectivity index (χ4n) is 3.84. The summed E-state index contributed by atoms with van der Waals surface area (Å²) in [5.74, 6) is 0.910. The molecule has 0 aromatic heterocycles. The summed E-state index contributed by atoms with van der Waals surface area (Å²) in [5.41, 5.74) is 9.78. The second kappa shape index (κ2) is 4.83. The number of nitrogen functional groups attached to an aromatic ring is 1. The Hall–Kier alpha value is -1.18. The van der Waals surface area contributed by atoms with Crippen molar-refractivity contribution in [1.82, 2.24) is 0 Å². The van der Waals surface area contributed by atoms with Crippen molar-refractivity contribution in [2.45, 2.75) is 51.5 Å². The molecular weight excluding hydrogens is 220 g/mol. The first kappa shape index (κ1) is 11.9. The number of piperidine rings is 1. The average Bonchev–Trinajstić information content (AvgIpc) is 2.41. The molecule has 1 aliphatic heterocycles. The van der Waals surface area contributed by atoms with Crippen LogP contribution in [0.15, 0.2) is 18.2 Å². The summed E-state index contributed by atoms with van der Waals surface area (Å²) in [6.45, 7) is 3.30. The Morgan fingerprint density at radius 3 is 2.78 bits per heavy atom. The second-order valence-electron chi connectivity index (χ2n) is 5.96. The van der Waals surface area contributed by atoms with Gasteiger partial charge < -0.3 is 10.6 Å². The van der Waals surface area contributed by atoms with E-state index in [1.807, 2.05) is 0 Å². The molecule has 0 amide bonds. The summed E-state index contributed by atoms with van der Waals surface area (Å²) < 4.78 is 0. The van der Waals surface area contributed by atoms with E-state index in [-0.39, 0.29) is 0 Å². The molecule has 2 fully saturated rings. The van der Waals surface area contributed by atoms with E-state index in [1.54, 1.807) is 0 Å². The highest BCUT2D eigenvalue weighted by Gasteiger charge is 2.33. The van der Waals surface area contributed by atoms with Gasteiger partial charge in [0, 0.05) is 12.6 Å². The van der Waals surface area contributed by atoms with Crippen LogP contribution >= 0.6 is 0 Å². The number of anilines is 2. The van der Waals surface area contributed by atoms with Crippen molar-refractivity contribution in [3.05, 3.63) is 23.8 Å². The van der Waals surface area contributed by atoms with Crippen molar-refractivity contribution in [1.29, 1.82) is 0 Å². The van der Waals surface area contributed by atoms with Gasteiger partial charge in [-0.05, 0) is 50.2 Å². The van der Waals surface area contributed by atoms with Crippen molar-refractivity contribution in [3.63, 3.8) is 0 Å². The van der Waals surface area contributed by atoms with E-state index in [2.05, 4.69) is 30.0 Å². The molecule has 2 unspecified atom stereocenters. The highest BCUT2D eigenvalue weighted by Crippen LogP contribution is 2.39. The Labute approximate surface area is 110 Å². The molecule has 1 saturated heterocycles. The molecule has 2 nitrogen and oxygen atoms in total. The normalized spacial score (nSPS) is 27.9. The van der Waals surface area contributed by atoms with Crippen LogP contribution in [0.4, 0.5) is 11.4 Å². The van der Waals surface area contributed by atoms with Gasteiger partial charge in [0.1, 0.15) is 0 Å². The number of hydrogen-bond donors (Lipinski definition) is 1. The summed E-state index contributed by atoms with van der Waals surface area (Å²) in [6.07, 6.45) is 8.36. The maximum atomic E-state index is 6.29. The molecule has 0 spiro atoms. The van der Waals surface area contributed by atoms with Gasteiger partial charge in [0.2, 0.25) is 0 Å². The van der Waals surface area contributed by atoms with E-state index in [0.29, 0.717) is 0 Å². The number of aryl methyl sites for hydroxylation is 1. The molecule has 18 heavy (non-hydrogen) atoms. The van der Waals surface area contributed by atoms with E-state index >= 15 is 0 Å². The van der Waals surface area contributed by atoms with Gasteiger partial charge in [0.05, 0.1) is 11.4 Å². The predicted octanol–water partition coefficient (Wildman–Crippen LogP) is 3.74. The Kier molecular flexibility index (Phi) is 3.19. The number of fused-ring (bicyclic) bond motifs is 1. The number of nitrogens with two attached hydrogens (primary N) is 1. The number of para-hydroxylation sites is 1. The first-order valence-electron chi connectivity index (χ1n) is 7.39. The van der Waals surface area contributed by atoms with Gasteiger partial charge >= 0.3 is 0 Å². The van der Waals surface area contributed by atoms with Crippen molar-refractivity contribution >= 4 is 11.4 Å². The molecule has 3 rings (SSSR count). The zero-order valence-electron chi connectivity index (χ0n) is 11.4. The third-order valence-corrected chi connectivity index (χ3v) is 4.85. The summed E-state index contributed by atoms with van der Waals surface area (Å²) in [7, 11) is 0. The Morgan fingerprint density at radius 1 is 1.11 bits per heavy atom. The predicted molar refractivity (Wildman–Crippen MR) is 77.9 cm³/mol. The van der Waals surface area contributed by atoms with Crippen LogP contribution in [0.3, 0.4) is 0 Å². The van der Waals surface area contributed by atoms with Gasteiger partial charge in [-0.15, -0.1) is 0 Å². The van der Waals surface area contributed by atoms with Crippen LogP contribution in [0.25, 0.3) is 0 Å². The lowest BCUT2D eigenvalue weighted by molar-refractivity contribution is 0.244. The minimum absolute atomic E-state index is 0.747. The molecule has 2 N–H and O–H groups in total. The standard InChI is InChI=1S/C16H24N2/c1-12-6-4-10-15(16(12)17)18-11-5-8-13-7-2-3-9-14(13)18/h4,6,10,13-14H,2-3,5,7-9,11,17H2,1H3. The van der Waals surface area contributed by atoms with Crippen molar-refractivity contribution < 1.29 is 0 Å². The number of nitrogens with zero attached hydrogens (tertiary/aromatic N) is 1. The van der Waals surface area contributed by atoms with Gasteiger partial charge in [-0.2, -0.15) is 0 Å². The van der Waals surface area contributed by atoms with Crippen LogP contribution in [-0.4, -0.2) is 12.6 Å². The third-order valence-electron chi connectivity index (χ3n) is 4.85. The SMILES string of the molecule is Cc1cccc(N2CCCC3CCCCC32)c1N. The molecule has 0 bridgehead atoms. The van der Waals surface area contributed by atoms with E-state index in [9.17, 15) is 0 Å². The molecule has 2 aliphatic rings. The first-order valence-corrected chi connectivity index (χ1v) is 7.39.